The Kier molecular flexibility index (Phi) is 8.99. The minimum atomic E-state index is -0.608. The van der Waals surface area contributed by atoms with Crippen LogP contribution in [0.25, 0.3) is 0 Å². The first-order chi connectivity index (χ1) is 16.5. The van der Waals surface area contributed by atoms with Gasteiger partial charge in [0.05, 0.1) is 0 Å². The molecule has 34 heavy (non-hydrogen) atoms. The highest BCUT2D eigenvalue weighted by molar-refractivity contribution is 5.33. The first-order valence-electron chi connectivity index (χ1n) is 14.1. The van der Waals surface area contributed by atoms with Crippen LogP contribution in [0.2, 0.25) is 0 Å². The van der Waals surface area contributed by atoms with Crippen molar-refractivity contribution in [2.24, 2.45) is 17.8 Å². The third-order valence-corrected chi connectivity index (χ3v) is 9.05. The molecule has 0 aromatic heterocycles. The monoisotopic (exact) mass is 472 g/mol. The number of unbranched alkanes of at least 4 members (excludes halogenated alkanes) is 1. The standard InChI is InChI=1S/C31H43F3/c1-3-5-7-25-16-17-26(20-29(25)32)22-12-14-24(15-13-22)28-19-18-27(30(33)31(28)34)23-10-8-21(6-4-2)9-11-23/h16,18-24,26H,3-15,17H2,1-2H3. The molecule has 1 unspecified atom stereocenters. The predicted octanol–water partition coefficient (Wildman–Crippen LogP) is 10.3. The second kappa shape index (κ2) is 12.0. The molecule has 1 aromatic rings. The van der Waals surface area contributed by atoms with Crippen molar-refractivity contribution >= 4 is 0 Å². The van der Waals surface area contributed by atoms with Gasteiger partial charge < -0.3 is 0 Å². The zero-order chi connectivity index (χ0) is 24.1. The van der Waals surface area contributed by atoms with E-state index in [2.05, 4.69) is 19.9 Å². The number of hydrogen-bond donors (Lipinski definition) is 0. The van der Waals surface area contributed by atoms with Crippen LogP contribution in [0.5, 0.6) is 0 Å². The summed E-state index contributed by atoms with van der Waals surface area (Å²) >= 11 is 0. The van der Waals surface area contributed by atoms with Crippen LogP contribution in [0, 0.1) is 29.4 Å². The normalized spacial score (nSPS) is 30.1. The number of rotatable bonds is 8. The molecule has 0 radical (unpaired) electrons. The maximum absolute atomic E-state index is 15.2. The van der Waals surface area contributed by atoms with Gasteiger partial charge >= 0.3 is 0 Å². The molecule has 1 aromatic carbocycles. The fourth-order valence-corrected chi connectivity index (χ4v) is 6.89. The fourth-order valence-electron chi connectivity index (χ4n) is 6.89. The van der Waals surface area contributed by atoms with Gasteiger partial charge in [0.25, 0.3) is 0 Å². The van der Waals surface area contributed by atoms with E-state index in [-0.39, 0.29) is 23.6 Å². The molecule has 0 nitrogen and oxygen atoms in total. The van der Waals surface area contributed by atoms with Crippen LogP contribution in [-0.4, -0.2) is 0 Å². The Hall–Kier alpha value is -1.51. The van der Waals surface area contributed by atoms with Crippen molar-refractivity contribution in [1.29, 1.82) is 0 Å². The molecule has 0 aliphatic heterocycles. The molecule has 3 heteroatoms. The molecule has 3 aliphatic carbocycles. The summed E-state index contributed by atoms with van der Waals surface area (Å²) in [7, 11) is 0. The molecule has 1 atom stereocenters. The summed E-state index contributed by atoms with van der Waals surface area (Å²) in [5.74, 6) is 0.455. The minimum Gasteiger partial charge on any atom is -0.207 e. The zero-order valence-corrected chi connectivity index (χ0v) is 21.2. The van der Waals surface area contributed by atoms with Gasteiger partial charge in [0, 0.05) is 0 Å². The van der Waals surface area contributed by atoms with E-state index < -0.39 is 11.6 Å². The number of allylic oxidation sites excluding steroid dienone is 4. The highest BCUT2D eigenvalue weighted by Gasteiger charge is 2.32. The van der Waals surface area contributed by atoms with E-state index in [1.807, 2.05) is 18.2 Å². The second-order valence-electron chi connectivity index (χ2n) is 11.2. The maximum Gasteiger partial charge on any atom is 0.162 e. The largest absolute Gasteiger partial charge is 0.207 e. The molecule has 2 saturated carbocycles. The van der Waals surface area contributed by atoms with E-state index in [0.717, 1.165) is 88.5 Å². The molecule has 2 fully saturated rings. The van der Waals surface area contributed by atoms with Crippen LogP contribution >= 0.6 is 0 Å². The van der Waals surface area contributed by atoms with Crippen molar-refractivity contribution in [3.8, 4) is 0 Å². The summed E-state index contributed by atoms with van der Waals surface area (Å²) in [5, 5.41) is 0. The summed E-state index contributed by atoms with van der Waals surface area (Å²) < 4.78 is 44.9. The summed E-state index contributed by atoms with van der Waals surface area (Å²) in [6.45, 7) is 4.35. The third kappa shape index (κ3) is 5.82. The third-order valence-electron chi connectivity index (χ3n) is 9.05. The number of hydrogen-bond acceptors (Lipinski definition) is 0. The Balaban J connectivity index is 1.34. The van der Waals surface area contributed by atoms with Crippen LogP contribution in [0.3, 0.4) is 0 Å². The highest BCUT2D eigenvalue weighted by Crippen LogP contribution is 2.45. The Labute approximate surface area is 205 Å². The number of halogens is 3. The highest BCUT2D eigenvalue weighted by atomic mass is 19.2. The lowest BCUT2D eigenvalue weighted by Crippen LogP contribution is -2.22. The van der Waals surface area contributed by atoms with Crippen LogP contribution in [0.4, 0.5) is 13.2 Å². The molecule has 188 valence electrons. The van der Waals surface area contributed by atoms with Gasteiger partial charge in [-0.3, -0.25) is 0 Å². The van der Waals surface area contributed by atoms with E-state index >= 15 is 8.78 Å². The molecular weight excluding hydrogens is 429 g/mol. The Morgan fingerprint density at radius 2 is 1.35 bits per heavy atom. The van der Waals surface area contributed by atoms with Crippen molar-refractivity contribution in [2.75, 3.05) is 0 Å². The van der Waals surface area contributed by atoms with Crippen LogP contribution < -0.4 is 0 Å². The van der Waals surface area contributed by atoms with E-state index in [9.17, 15) is 4.39 Å². The van der Waals surface area contributed by atoms with Crippen LogP contribution in [0.1, 0.15) is 127 Å². The first-order valence-corrected chi connectivity index (χ1v) is 14.1. The van der Waals surface area contributed by atoms with Crippen molar-refractivity contribution in [2.45, 2.75) is 116 Å². The van der Waals surface area contributed by atoms with Gasteiger partial charge in [0.15, 0.2) is 11.6 Å². The SMILES string of the molecule is CCCCC1=CCC(C2CCC(c3ccc(C4CCC(CCC)CC4)c(F)c3F)CC2)C=C1F. The summed E-state index contributed by atoms with van der Waals surface area (Å²) in [5.41, 5.74) is 2.04. The van der Waals surface area contributed by atoms with Gasteiger partial charge in [-0.05, 0) is 123 Å². The molecule has 4 rings (SSSR count). The average Bonchev–Trinajstić information content (AvgIpc) is 2.86. The molecule has 0 bridgehead atoms. The number of benzene rings is 1. The average molecular weight is 473 g/mol. The Morgan fingerprint density at radius 1 is 0.765 bits per heavy atom. The van der Waals surface area contributed by atoms with Crippen molar-refractivity contribution < 1.29 is 13.2 Å². The lowest BCUT2D eigenvalue weighted by Gasteiger charge is -2.34. The Morgan fingerprint density at radius 3 is 1.88 bits per heavy atom. The van der Waals surface area contributed by atoms with Gasteiger partial charge in [-0.15, -0.1) is 0 Å². The van der Waals surface area contributed by atoms with Crippen LogP contribution in [0.15, 0.2) is 35.7 Å². The van der Waals surface area contributed by atoms with Crippen molar-refractivity contribution in [3.63, 3.8) is 0 Å². The van der Waals surface area contributed by atoms with E-state index in [0.29, 0.717) is 17.0 Å². The van der Waals surface area contributed by atoms with Gasteiger partial charge in [0.1, 0.15) is 5.83 Å². The fraction of sp³-hybridized carbons (Fsp3) is 0.677. The van der Waals surface area contributed by atoms with Gasteiger partial charge in [0.2, 0.25) is 0 Å². The summed E-state index contributed by atoms with van der Waals surface area (Å²) in [4.78, 5) is 0. The lowest BCUT2D eigenvalue weighted by atomic mass is 9.71. The summed E-state index contributed by atoms with van der Waals surface area (Å²) in [6, 6.07) is 3.76. The molecule has 0 spiro atoms. The lowest BCUT2D eigenvalue weighted by molar-refractivity contribution is 0.258. The maximum atomic E-state index is 15.2. The van der Waals surface area contributed by atoms with E-state index in [1.54, 1.807) is 0 Å². The quantitative estimate of drug-likeness (QED) is 0.353. The van der Waals surface area contributed by atoms with Gasteiger partial charge in [-0.1, -0.05) is 51.3 Å². The zero-order valence-electron chi connectivity index (χ0n) is 21.2. The van der Waals surface area contributed by atoms with Crippen molar-refractivity contribution in [1.82, 2.24) is 0 Å². The van der Waals surface area contributed by atoms with Gasteiger partial charge in [-0.25, -0.2) is 13.2 Å². The minimum absolute atomic E-state index is 0.0285. The molecule has 0 amide bonds. The van der Waals surface area contributed by atoms with E-state index in [1.165, 1.54) is 12.8 Å². The van der Waals surface area contributed by atoms with Gasteiger partial charge in [-0.2, -0.15) is 0 Å². The van der Waals surface area contributed by atoms with E-state index in [4.69, 9.17) is 0 Å². The molecular formula is C31H43F3. The Bertz CT molecular complexity index is 867. The van der Waals surface area contributed by atoms with Crippen LogP contribution in [-0.2, 0) is 0 Å². The molecule has 0 saturated heterocycles. The molecule has 3 aliphatic rings. The smallest absolute Gasteiger partial charge is 0.162 e. The topological polar surface area (TPSA) is 0 Å². The molecule has 0 N–H and O–H groups in total. The summed E-state index contributed by atoms with van der Waals surface area (Å²) in [6.07, 6.45) is 18.1. The second-order valence-corrected chi connectivity index (χ2v) is 11.2. The predicted molar refractivity (Wildman–Crippen MR) is 136 cm³/mol. The first kappa shape index (κ1) is 25.6. The molecule has 0 heterocycles. The van der Waals surface area contributed by atoms with Crippen molar-refractivity contribution in [3.05, 3.63) is 58.4 Å².